The van der Waals surface area contributed by atoms with Gasteiger partial charge in [-0.15, -0.1) is 0 Å². The molecule has 1 amide bonds. The van der Waals surface area contributed by atoms with E-state index >= 15 is 0 Å². The number of hydrogen-bond donors (Lipinski definition) is 1. The number of anilines is 2. The summed E-state index contributed by atoms with van der Waals surface area (Å²) < 4.78 is 6.29. The maximum absolute atomic E-state index is 12.2. The van der Waals surface area contributed by atoms with Crippen LogP contribution in [0, 0.1) is 6.92 Å². The normalized spacial score (nSPS) is 10.2. The second-order valence-corrected chi connectivity index (χ2v) is 5.89. The molecule has 2 rings (SSSR count). The molecular weight excluding hydrogens is 344 g/mol. The lowest BCUT2D eigenvalue weighted by Crippen LogP contribution is -2.30. The van der Waals surface area contributed by atoms with Gasteiger partial charge in [0.05, 0.1) is 19.3 Å². The van der Waals surface area contributed by atoms with Crippen LogP contribution in [0.5, 0.6) is 5.75 Å². The van der Waals surface area contributed by atoms with Crippen LogP contribution in [0.2, 0.25) is 0 Å². The summed E-state index contributed by atoms with van der Waals surface area (Å²) in [5, 5.41) is 2.87. The molecule has 0 aliphatic heterocycles. The molecule has 0 saturated heterocycles. The lowest BCUT2D eigenvalue weighted by atomic mass is 10.2. The highest BCUT2D eigenvalue weighted by molar-refractivity contribution is 9.10. The molecule has 0 spiro atoms. The number of benzene rings is 2. The van der Waals surface area contributed by atoms with Crippen LogP contribution < -0.4 is 15.0 Å². The number of para-hydroxylation sites is 2. The Morgan fingerprint density at radius 1 is 1.27 bits per heavy atom. The highest BCUT2D eigenvalue weighted by atomic mass is 79.9. The molecular formula is C17H19BrN2O2. The summed E-state index contributed by atoms with van der Waals surface area (Å²) in [4.78, 5) is 14.1. The van der Waals surface area contributed by atoms with Gasteiger partial charge in [0.25, 0.3) is 0 Å². The molecule has 0 saturated carbocycles. The number of carbonyl (C=O) groups excluding carboxylic acids is 1. The zero-order chi connectivity index (χ0) is 16.1. The molecule has 22 heavy (non-hydrogen) atoms. The zero-order valence-corrected chi connectivity index (χ0v) is 14.5. The van der Waals surface area contributed by atoms with E-state index in [-0.39, 0.29) is 12.5 Å². The molecule has 1 N–H and O–H groups in total. The van der Waals surface area contributed by atoms with Crippen molar-refractivity contribution in [3.63, 3.8) is 0 Å². The second kappa shape index (κ2) is 7.31. The molecule has 0 bridgehead atoms. The van der Waals surface area contributed by atoms with Crippen LogP contribution in [0.1, 0.15) is 5.56 Å². The third-order valence-electron chi connectivity index (χ3n) is 3.34. The first-order valence-corrected chi connectivity index (χ1v) is 7.70. The number of methoxy groups -OCH3 is 1. The van der Waals surface area contributed by atoms with Crippen molar-refractivity contribution in [2.45, 2.75) is 6.92 Å². The van der Waals surface area contributed by atoms with Gasteiger partial charge in [-0.2, -0.15) is 0 Å². The molecule has 0 unspecified atom stereocenters. The number of likely N-dealkylation sites (N-methyl/N-ethyl adjacent to an activating group) is 1. The van der Waals surface area contributed by atoms with Gasteiger partial charge < -0.3 is 15.0 Å². The standard InChI is InChI=1S/C17H19BrN2O2/c1-12-10-13(8-9-14(12)18)20(2)11-17(21)19-15-6-4-5-7-16(15)22-3/h4-10H,11H2,1-3H3,(H,19,21). The SMILES string of the molecule is COc1ccccc1NC(=O)CN(C)c1ccc(Br)c(C)c1. The van der Waals surface area contributed by atoms with Gasteiger partial charge in [0, 0.05) is 17.2 Å². The number of nitrogens with zero attached hydrogens (tertiary/aromatic N) is 1. The van der Waals surface area contributed by atoms with Crippen molar-refractivity contribution in [1.29, 1.82) is 0 Å². The first kappa shape index (κ1) is 16.4. The van der Waals surface area contributed by atoms with Gasteiger partial charge in [0.1, 0.15) is 5.75 Å². The van der Waals surface area contributed by atoms with Crippen LogP contribution in [-0.4, -0.2) is 26.6 Å². The summed E-state index contributed by atoms with van der Waals surface area (Å²) in [5.74, 6) is 0.561. The van der Waals surface area contributed by atoms with Crippen LogP contribution in [0.3, 0.4) is 0 Å². The van der Waals surface area contributed by atoms with E-state index in [0.717, 1.165) is 15.7 Å². The summed E-state index contributed by atoms with van der Waals surface area (Å²) in [7, 11) is 3.48. The Balaban J connectivity index is 2.03. The van der Waals surface area contributed by atoms with E-state index in [0.29, 0.717) is 11.4 Å². The van der Waals surface area contributed by atoms with Crippen LogP contribution in [0.15, 0.2) is 46.9 Å². The number of hydrogen-bond acceptors (Lipinski definition) is 3. The van der Waals surface area contributed by atoms with Crippen LogP contribution in [0.25, 0.3) is 0 Å². The topological polar surface area (TPSA) is 41.6 Å². The van der Waals surface area contributed by atoms with Crippen molar-refractivity contribution < 1.29 is 9.53 Å². The second-order valence-electron chi connectivity index (χ2n) is 5.04. The highest BCUT2D eigenvalue weighted by Crippen LogP contribution is 2.24. The molecule has 0 fully saturated rings. The number of halogens is 1. The third kappa shape index (κ3) is 4.01. The fraction of sp³-hybridized carbons (Fsp3) is 0.235. The van der Waals surface area contributed by atoms with Crippen LogP contribution in [-0.2, 0) is 4.79 Å². The van der Waals surface area contributed by atoms with Crippen molar-refractivity contribution in [2.24, 2.45) is 0 Å². The van der Waals surface area contributed by atoms with Crippen molar-refractivity contribution in [3.05, 3.63) is 52.5 Å². The van der Waals surface area contributed by atoms with E-state index in [1.165, 1.54) is 0 Å². The van der Waals surface area contributed by atoms with Crippen molar-refractivity contribution in [3.8, 4) is 5.75 Å². The average Bonchev–Trinajstić information content (AvgIpc) is 2.50. The van der Waals surface area contributed by atoms with E-state index in [1.54, 1.807) is 7.11 Å². The molecule has 5 heteroatoms. The van der Waals surface area contributed by atoms with E-state index in [9.17, 15) is 4.79 Å². The molecule has 0 aliphatic rings. The van der Waals surface area contributed by atoms with E-state index in [4.69, 9.17) is 4.74 Å². The lowest BCUT2D eigenvalue weighted by Gasteiger charge is -2.20. The Bertz CT molecular complexity index is 673. The molecule has 4 nitrogen and oxygen atoms in total. The lowest BCUT2D eigenvalue weighted by molar-refractivity contribution is -0.114. The highest BCUT2D eigenvalue weighted by Gasteiger charge is 2.11. The number of nitrogens with one attached hydrogen (secondary N) is 1. The fourth-order valence-electron chi connectivity index (χ4n) is 2.11. The van der Waals surface area contributed by atoms with Crippen LogP contribution in [0.4, 0.5) is 11.4 Å². The molecule has 0 heterocycles. The van der Waals surface area contributed by atoms with Crippen molar-refractivity contribution in [1.82, 2.24) is 0 Å². The smallest absolute Gasteiger partial charge is 0.243 e. The zero-order valence-electron chi connectivity index (χ0n) is 12.9. The number of amides is 1. The quantitative estimate of drug-likeness (QED) is 0.878. The Kier molecular flexibility index (Phi) is 5.44. The molecule has 116 valence electrons. The average molecular weight is 363 g/mol. The van der Waals surface area contributed by atoms with Crippen molar-refractivity contribution >= 4 is 33.2 Å². The Labute approximate surface area is 139 Å². The minimum atomic E-state index is -0.0902. The predicted octanol–water partition coefficient (Wildman–Crippen LogP) is 3.84. The summed E-state index contributed by atoms with van der Waals surface area (Å²) in [5.41, 5.74) is 2.81. The fourth-order valence-corrected chi connectivity index (χ4v) is 2.36. The van der Waals surface area contributed by atoms with E-state index < -0.39 is 0 Å². The molecule has 0 aromatic heterocycles. The van der Waals surface area contributed by atoms with Gasteiger partial charge in [0.2, 0.25) is 5.91 Å². The predicted molar refractivity (Wildman–Crippen MR) is 93.8 cm³/mol. The largest absolute Gasteiger partial charge is 0.495 e. The summed E-state index contributed by atoms with van der Waals surface area (Å²) in [6.07, 6.45) is 0. The minimum Gasteiger partial charge on any atom is -0.495 e. The van der Waals surface area contributed by atoms with E-state index in [2.05, 4.69) is 21.2 Å². The maximum Gasteiger partial charge on any atom is 0.243 e. The summed E-state index contributed by atoms with van der Waals surface area (Å²) >= 11 is 3.48. The molecule has 0 atom stereocenters. The molecule has 0 aliphatic carbocycles. The Hall–Kier alpha value is -2.01. The van der Waals surface area contributed by atoms with Gasteiger partial charge in [0.15, 0.2) is 0 Å². The monoisotopic (exact) mass is 362 g/mol. The van der Waals surface area contributed by atoms with Crippen LogP contribution >= 0.6 is 15.9 Å². The maximum atomic E-state index is 12.2. The van der Waals surface area contributed by atoms with E-state index in [1.807, 2.05) is 61.3 Å². The summed E-state index contributed by atoms with van der Waals surface area (Å²) in [6, 6.07) is 13.4. The molecule has 2 aromatic carbocycles. The Morgan fingerprint density at radius 3 is 2.68 bits per heavy atom. The summed E-state index contributed by atoms with van der Waals surface area (Å²) in [6.45, 7) is 2.29. The minimum absolute atomic E-state index is 0.0902. The van der Waals surface area contributed by atoms with Gasteiger partial charge in [-0.1, -0.05) is 28.1 Å². The van der Waals surface area contributed by atoms with Crippen molar-refractivity contribution in [2.75, 3.05) is 30.9 Å². The number of aryl methyl sites for hydroxylation is 1. The molecule has 2 aromatic rings. The first-order valence-electron chi connectivity index (χ1n) is 6.91. The number of rotatable bonds is 5. The number of ether oxygens (including phenoxy) is 1. The van der Waals surface area contributed by atoms with Gasteiger partial charge in [-0.3, -0.25) is 4.79 Å². The third-order valence-corrected chi connectivity index (χ3v) is 4.23. The Morgan fingerprint density at radius 2 is 2.00 bits per heavy atom. The van der Waals surface area contributed by atoms with Gasteiger partial charge >= 0.3 is 0 Å². The van der Waals surface area contributed by atoms with Gasteiger partial charge in [-0.25, -0.2) is 0 Å². The van der Waals surface area contributed by atoms with Gasteiger partial charge in [-0.05, 0) is 42.8 Å². The number of carbonyl (C=O) groups is 1. The first-order chi connectivity index (χ1) is 10.5. The molecule has 0 radical (unpaired) electrons.